The fraction of sp³-hybridized carbons (Fsp3) is 0. The lowest BCUT2D eigenvalue weighted by Gasteiger charge is -2.05. The number of nitrogens with zero attached hydrogens (tertiary/aromatic N) is 1. The average Bonchev–Trinajstić information content (AvgIpc) is 2.14. The average molecular weight is 132 g/mol. The first-order valence-electron chi connectivity index (χ1n) is 1.76. The fourth-order valence-electron chi connectivity index (χ4n) is 0.286. The van der Waals surface area contributed by atoms with Crippen molar-refractivity contribution in [2.75, 3.05) is 0 Å². The Morgan fingerprint density at radius 2 is 2.71 bits per heavy atom. The topological polar surface area (TPSA) is 15.3 Å². The Bertz CT molecular complexity index is 93.1. The van der Waals surface area contributed by atoms with Crippen LogP contribution in [0.3, 0.4) is 0 Å². The molecule has 2 nitrogen and oxygen atoms in total. The molecule has 0 bridgehead atoms. The van der Waals surface area contributed by atoms with Gasteiger partial charge in [-0.05, 0) is 0 Å². The van der Waals surface area contributed by atoms with Crippen molar-refractivity contribution in [1.82, 2.24) is 9.84 Å². The van der Waals surface area contributed by atoms with Crippen LogP contribution in [0.1, 0.15) is 0 Å². The summed E-state index contributed by atoms with van der Waals surface area (Å²) in [5.41, 5.74) is 4.41. The number of hydrogen-bond donors (Lipinski definition) is 1. The molecule has 1 aliphatic heterocycles. The van der Waals surface area contributed by atoms with Crippen molar-refractivity contribution in [3.8, 4) is 0 Å². The van der Waals surface area contributed by atoms with Gasteiger partial charge in [-0.15, -0.1) is 0 Å². The molecule has 4 heteroatoms. The molecular formula is C3H4N2S2. The zero-order valence-corrected chi connectivity index (χ0v) is 5.13. The highest BCUT2D eigenvalue weighted by Gasteiger charge is 1.96. The van der Waals surface area contributed by atoms with E-state index in [4.69, 9.17) is 0 Å². The highest BCUT2D eigenvalue weighted by Crippen LogP contribution is 2.09. The summed E-state index contributed by atoms with van der Waals surface area (Å²) in [6.07, 6.45) is 1.83. The van der Waals surface area contributed by atoms with Gasteiger partial charge in [0.25, 0.3) is 0 Å². The lowest BCUT2D eigenvalue weighted by Crippen LogP contribution is -2.19. The lowest BCUT2D eigenvalue weighted by molar-refractivity contribution is 0.628. The van der Waals surface area contributed by atoms with E-state index < -0.39 is 0 Å². The molecule has 1 N–H and O–H groups in total. The summed E-state index contributed by atoms with van der Waals surface area (Å²) in [6.45, 7) is 0. The van der Waals surface area contributed by atoms with E-state index in [2.05, 4.69) is 17.6 Å². The molecule has 0 aromatic rings. The smallest absolute Gasteiger partial charge is 0.0972 e. The number of rotatable bonds is 1. The molecule has 38 valence electrons. The van der Waals surface area contributed by atoms with Gasteiger partial charge in [-0.2, -0.15) is 0 Å². The Balaban J connectivity index is 2.35. The van der Waals surface area contributed by atoms with Gasteiger partial charge in [0.2, 0.25) is 0 Å². The number of hydrazine groups is 1. The predicted molar refractivity (Wildman–Crippen MR) is 35.4 cm³/mol. The highest BCUT2D eigenvalue weighted by atomic mass is 32.2. The molecule has 7 heavy (non-hydrogen) atoms. The van der Waals surface area contributed by atoms with Crippen LogP contribution in [0, 0.1) is 0 Å². The number of hydrogen-bond acceptors (Lipinski definition) is 3. The van der Waals surface area contributed by atoms with Crippen LogP contribution in [0.15, 0.2) is 11.6 Å². The third-order valence-corrected chi connectivity index (χ3v) is 1.58. The second-order valence-corrected chi connectivity index (χ2v) is 2.06. The van der Waals surface area contributed by atoms with Crippen molar-refractivity contribution >= 4 is 29.7 Å². The number of thiocarbonyl (C=S) groups is 1. The number of nitrogens with one attached hydrogen (secondary N) is 1. The van der Waals surface area contributed by atoms with Crippen LogP contribution in [0.25, 0.3) is 0 Å². The molecule has 0 aromatic carbocycles. The maximum absolute atomic E-state index is 4.59. The molecule has 0 aliphatic carbocycles. The van der Waals surface area contributed by atoms with Gasteiger partial charge >= 0.3 is 0 Å². The maximum atomic E-state index is 4.59. The SMILES string of the molecule is S=CN1NC=CS1. The van der Waals surface area contributed by atoms with Crippen molar-refractivity contribution in [1.29, 1.82) is 0 Å². The van der Waals surface area contributed by atoms with Crippen molar-refractivity contribution < 1.29 is 0 Å². The van der Waals surface area contributed by atoms with Crippen LogP contribution < -0.4 is 5.43 Å². The predicted octanol–water partition coefficient (Wildman–Crippen LogP) is 0.883. The van der Waals surface area contributed by atoms with E-state index in [1.54, 1.807) is 9.91 Å². The van der Waals surface area contributed by atoms with Gasteiger partial charge in [-0.25, -0.2) is 4.41 Å². The fourth-order valence-corrected chi connectivity index (χ4v) is 0.920. The summed E-state index contributed by atoms with van der Waals surface area (Å²) in [5.74, 6) is 0. The summed E-state index contributed by atoms with van der Waals surface area (Å²) in [4.78, 5) is 0. The summed E-state index contributed by atoms with van der Waals surface area (Å²) in [6, 6.07) is 0. The van der Waals surface area contributed by atoms with E-state index in [0.717, 1.165) is 0 Å². The Hall–Kier alpha value is -0.220. The van der Waals surface area contributed by atoms with Gasteiger partial charge in [0, 0.05) is 23.6 Å². The molecule has 0 radical (unpaired) electrons. The zero-order valence-electron chi connectivity index (χ0n) is 3.50. The summed E-state index contributed by atoms with van der Waals surface area (Å²) < 4.78 is 1.73. The second-order valence-electron chi connectivity index (χ2n) is 0.968. The first-order chi connectivity index (χ1) is 3.43. The monoisotopic (exact) mass is 132 g/mol. The Labute approximate surface area is 51.7 Å². The van der Waals surface area contributed by atoms with Crippen molar-refractivity contribution in [3.63, 3.8) is 0 Å². The molecule has 0 amide bonds. The Morgan fingerprint density at radius 3 is 3.00 bits per heavy atom. The zero-order chi connectivity index (χ0) is 5.11. The van der Waals surface area contributed by atoms with Crippen LogP contribution in [0.5, 0.6) is 0 Å². The lowest BCUT2D eigenvalue weighted by atomic mass is 11.1. The summed E-state index contributed by atoms with van der Waals surface area (Å²) in [7, 11) is 0. The van der Waals surface area contributed by atoms with E-state index in [1.165, 1.54) is 11.9 Å². The standard InChI is InChI=1S/C3H4N2S2/c6-3-5-4-1-2-7-5/h1-4H. The van der Waals surface area contributed by atoms with Crippen LogP contribution in [-0.4, -0.2) is 9.91 Å². The summed E-state index contributed by atoms with van der Waals surface area (Å²) in [5, 5.41) is 1.92. The molecule has 0 unspecified atom stereocenters. The van der Waals surface area contributed by atoms with E-state index in [-0.39, 0.29) is 0 Å². The van der Waals surface area contributed by atoms with Gasteiger partial charge in [-0.1, -0.05) is 12.2 Å². The second kappa shape index (κ2) is 2.18. The minimum absolute atomic E-state index is 1.52. The van der Waals surface area contributed by atoms with Gasteiger partial charge in [-0.3, -0.25) is 5.43 Å². The third-order valence-electron chi connectivity index (χ3n) is 0.540. The van der Waals surface area contributed by atoms with Crippen LogP contribution in [-0.2, 0) is 0 Å². The minimum atomic E-state index is 1.52. The first kappa shape index (κ1) is 4.93. The molecule has 0 atom stereocenters. The van der Waals surface area contributed by atoms with Crippen molar-refractivity contribution in [3.05, 3.63) is 11.6 Å². The Kier molecular flexibility index (Phi) is 1.54. The highest BCUT2D eigenvalue weighted by molar-refractivity contribution is 8.01. The van der Waals surface area contributed by atoms with Gasteiger partial charge in [0.05, 0.1) is 5.49 Å². The van der Waals surface area contributed by atoms with Crippen LogP contribution in [0.2, 0.25) is 0 Å². The van der Waals surface area contributed by atoms with Gasteiger partial charge < -0.3 is 0 Å². The van der Waals surface area contributed by atoms with Crippen LogP contribution >= 0.6 is 24.2 Å². The van der Waals surface area contributed by atoms with Crippen molar-refractivity contribution in [2.24, 2.45) is 0 Å². The quantitative estimate of drug-likeness (QED) is 0.420. The minimum Gasteiger partial charge on any atom is -0.294 e. The summed E-state index contributed by atoms with van der Waals surface area (Å²) >= 11 is 6.11. The first-order valence-corrected chi connectivity index (χ1v) is 3.07. The normalized spacial score (nSPS) is 16.9. The molecule has 0 spiro atoms. The third kappa shape index (κ3) is 1.07. The van der Waals surface area contributed by atoms with E-state index in [0.29, 0.717) is 0 Å². The van der Waals surface area contributed by atoms with E-state index >= 15 is 0 Å². The maximum Gasteiger partial charge on any atom is 0.0972 e. The van der Waals surface area contributed by atoms with Gasteiger partial charge in [0.1, 0.15) is 0 Å². The molecule has 1 aliphatic rings. The van der Waals surface area contributed by atoms with Gasteiger partial charge in [0.15, 0.2) is 0 Å². The van der Waals surface area contributed by atoms with Crippen molar-refractivity contribution in [2.45, 2.75) is 0 Å². The molecule has 1 heterocycles. The van der Waals surface area contributed by atoms with E-state index in [1.807, 2.05) is 11.6 Å². The molecule has 0 saturated heterocycles. The molecule has 0 saturated carbocycles. The van der Waals surface area contributed by atoms with Crippen LogP contribution in [0.4, 0.5) is 0 Å². The molecule has 0 fully saturated rings. The Morgan fingerprint density at radius 1 is 1.86 bits per heavy atom. The molecular weight excluding hydrogens is 128 g/mol. The molecule has 0 aromatic heterocycles. The molecule has 1 rings (SSSR count). The largest absolute Gasteiger partial charge is 0.294 e. The van der Waals surface area contributed by atoms with E-state index in [9.17, 15) is 0 Å².